The number of carbonyl (C=O) groups is 1. The lowest BCUT2D eigenvalue weighted by atomic mass is 10.2. The smallest absolute Gasteiger partial charge is 0.338 e. The van der Waals surface area contributed by atoms with Crippen molar-refractivity contribution < 1.29 is 9.53 Å². The van der Waals surface area contributed by atoms with Gasteiger partial charge < -0.3 is 9.14 Å². The minimum Gasteiger partial charge on any atom is -0.462 e. The Morgan fingerprint density at radius 2 is 2.40 bits per heavy atom. The van der Waals surface area contributed by atoms with Crippen molar-refractivity contribution in [2.75, 3.05) is 6.61 Å². The summed E-state index contributed by atoms with van der Waals surface area (Å²) in [6.45, 7) is 4.14. The van der Waals surface area contributed by atoms with Crippen LogP contribution in [0.1, 0.15) is 23.0 Å². The fourth-order valence-corrected chi connectivity index (χ4v) is 1.45. The van der Waals surface area contributed by atoms with Gasteiger partial charge in [0.1, 0.15) is 5.65 Å². The van der Waals surface area contributed by atoms with E-state index in [2.05, 4.69) is 4.98 Å². The average Bonchev–Trinajstić information content (AvgIpc) is 2.60. The summed E-state index contributed by atoms with van der Waals surface area (Å²) in [5.74, 6) is -0.305. The third kappa shape index (κ3) is 1.70. The van der Waals surface area contributed by atoms with Crippen molar-refractivity contribution in [2.24, 2.45) is 0 Å². The molecule has 0 atom stereocenters. The molecule has 15 heavy (non-hydrogen) atoms. The van der Waals surface area contributed by atoms with E-state index in [9.17, 15) is 4.79 Å². The first-order valence-corrected chi connectivity index (χ1v) is 4.83. The lowest BCUT2D eigenvalue weighted by Crippen LogP contribution is -2.05. The number of nitrogens with zero attached hydrogens (tertiary/aromatic N) is 2. The molecular weight excluding hydrogens is 192 g/mol. The monoisotopic (exact) mass is 204 g/mol. The van der Waals surface area contributed by atoms with E-state index in [1.807, 2.05) is 17.5 Å². The van der Waals surface area contributed by atoms with Gasteiger partial charge in [0.25, 0.3) is 0 Å². The number of rotatable bonds is 2. The highest BCUT2D eigenvalue weighted by atomic mass is 16.5. The zero-order valence-electron chi connectivity index (χ0n) is 8.73. The topological polar surface area (TPSA) is 43.6 Å². The van der Waals surface area contributed by atoms with E-state index in [0.29, 0.717) is 12.2 Å². The number of pyridine rings is 1. The van der Waals surface area contributed by atoms with Gasteiger partial charge in [-0.25, -0.2) is 9.78 Å². The molecule has 78 valence electrons. The highest BCUT2D eigenvalue weighted by Crippen LogP contribution is 2.09. The molecule has 0 fully saturated rings. The largest absolute Gasteiger partial charge is 0.462 e. The SMILES string of the molecule is CCOC(=O)c1ccn2c(C)cnc2c1. The molecule has 0 N–H and O–H groups in total. The summed E-state index contributed by atoms with van der Waals surface area (Å²) in [7, 11) is 0. The Morgan fingerprint density at radius 3 is 3.13 bits per heavy atom. The van der Waals surface area contributed by atoms with Crippen LogP contribution in [0.3, 0.4) is 0 Å². The summed E-state index contributed by atoms with van der Waals surface area (Å²) in [6, 6.07) is 3.46. The van der Waals surface area contributed by atoms with Crippen LogP contribution in [0.15, 0.2) is 24.5 Å². The number of fused-ring (bicyclic) bond motifs is 1. The molecule has 0 saturated carbocycles. The predicted octanol–water partition coefficient (Wildman–Crippen LogP) is 1.82. The fourth-order valence-electron chi connectivity index (χ4n) is 1.45. The quantitative estimate of drug-likeness (QED) is 0.701. The normalized spacial score (nSPS) is 10.5. The number of hydrogen-bond acceptors (Lipinski definition) is 3. The van der Waals surface area contributed by atoms with Crippen LogP contribution < -0.4 is 0 Å². The zero-order valence-corrected chi connectivity index (χ0v) is 8.73. The van der Waals surface area contributed by atoms with Crippen molar-refractivity contribution in [1.82, 2.24) is 9.38 Å². The van der Waals surface area contributed by atoms with E-state index in [1.165, 1.54) is 0 Å². The third-order valence-corrected chi connectivity index (χ3v) is 2.21. The van der Waals surface area contributed by atoms with Crippen LogP contribution in [-0.4, -0.2) is 22.0 Å². The van der Waals surface area contributed by atoms with Gasteiger partial charge in [-0.05, 0) is 26.0 Å². The number of esters is 1. The second-order valence-corrected chi connectivity index (χ2v) is 3.26. The molecule has 4 nitrogen and oxygen atoms in total. The highest BCUT2D eigenvalue weighted by Gasteiger charge is 2.08. The number of carbonyl (C=O) groups excluding carboxylic acids is 1. The Morgan fingerprint density at radius 1 is 1.60 bits per heavy atom. The summed E-state index contributed by atoms with van der Waals surface area (Å²) in [5, 5.41) is 0. The molecule has 0 spiro atoms. The molecule has 2 aromatic heterocycles. The summed E-state index contributed by atoms with van der Waals surface area (Å²) in [5.41, 5.74) is 2.34. The molecule has 0 bridgehead atoms. The molecular formula is C11H12N2O2. The maximum atomic E-state index is 11.4. The molecule has 0 saturated heterocycles. The lowest BCUT2D eigenvalue weighted by Gasteiger charge is -2.02. The molecule has 0 aliphatic rings. The van der Waals surface area contributed by atoms with Gasteiger partial charge in [-0.3, -0.25) is 0 Å². The van der Waals surface area contributed by atoms with Gasteiger partial charge in [0, 0.05) is 18.1 Å². The standard InChI is InChI=1S/C11H12N2O2/c1-3-15-11(14)9-4-5-13-8(2)7-12-10(13)6-9/h4-7H,3H2,1-2H3. The molecule has 0 aromatic carbocycles. The summed E-state index contributed by atoms with van der Waals surface area (Å²) in [6.07, 6.45) is 3.59. The Kier molecular flexibility index (Phi) is 2.41. The number of imidazole rings is 1. The predicted molar refractivity (Wildman–Crippen MR) is 55.9 cm³/mol. The summed E-state index contributed by atoms with van der Waals surface area (Å²) in [4.78, 5) is 15.6. The molecule has 4 heteroatoms. The van der Waals surface area contributed by atoms with Crippen LogP contribution in [0.2, 0.25) is 0 Å². The average molecular weight is 204 g/mol. The van der Waals surface area contributed by atoms with Crippen LogP contribution in [0.4, 0.5) is 0 Å². The van der Waals surface area contributed by atoms with Gasteiger partial charge in [-0.1, -0.05) is 0 Å². The fraction of sp³-hybridized carbons (Fsp3) is 0.273. The second kappa shape index (κ2) is 3.73. The molecule has 0 radical (unpaired) electrons. The Balaban J connectivity index is 2.43. The number of aryl methyl sites for hydroxylation is 1. The zero-order chi connectivity index (χ0) is 10.8. The van der Waals surface area contributed by atoms with Crippen LogP contribution in [0, 0.1) is 6.92 Å². The van der Waals surface area contributed by atoms with E-state index in [0.717, 1.165) is 11.3 Å². The summed E-state index contributed by atoms with van der Waals surface area (Å²) >= 11 is 0. The van der Waals surface area contributed by atoms with E-state index in [1.54, 1.807) is 25.3 Å². The molecule has 0 amide bonds. The van der Waals surface area contributed by atoms with Gasteiger partial charge in [-0.15, -0.1) is 0 Å². The van der Waals surface area contributed by atoms with Gasteiger partial charge in [0.2, 0.25) is 0 Å². The van der Waals surface area contributed by atoms with Crippen molar-refractivity contribution in [3.05, 3.63) is 35.8 Å². The van der Waals surface area contributed by atoms with Gasteiger partial charge in [0.05, 0.1) is 12.2 Å². The van der Waals surface area contributed by atoms with Crippen molar-refractivity contribution >= 4 is 11.6 Å². The Hall–Kier alpha value is -1.84. The first-order chi connectivity index (χ1) is 7.22. The van der Waals surface area contributed by atoms with Crippen molar-refractivity contribution in [2.45, 2.75) is 13.8 Å². The minimum absolute atomic E-state index is 0.305. The van der Waals surface area contributed by atoms with E-state index >= 15 is 0 Å². The van der Waals surface area contributed by atoms with E-state index in [-0.39, 0.29) is 5.97 Å². The van der Waals surface area contributed by atoms with Crippen LogP contribution in [0.5, 0.6) is 0 Å². The van der Waals surface area contributed by atoms with Crippen molar-refractivity contribution in [1.29, 1.82) is 0 Å². The van der Waals surface area contributed by atoms with Crippen molar-refractivity contribution in [3.63, 3.8) is 0 Å². The number of aromatic nitrogens is 2. The molecule has 2 rings (SSSR count). The van der Waals surface area contributed by atoms with E-state index in [4.69, 9.17) is 4.74 Å². The second-order valence-electron chi connectivity index (χ2n) is 3.26. The minimum atomic E-state index is -0.305. The van der Waals surface area contributed by atoms with Gasteiger partial charge in [0.15, 0.2) is 0 Å². The molecule has 2 aromatic rings. The van der Waals surface area contributed by atoms with Crippen molar-refractivity contribution in [3.8, 4) is 0 Å². The first-order valence-electron chi connectivity index (χ1n) is 4.83. The highest BCUT2D eigenvalue weighted by molar-refractivity contribution is 5.90. The number of ether oxygens (including phenoxy) is 1. The number of hydrogen-bond donors (Lipinski definition) is 0. The lowest BCUT2D eigenvalue weighted by molar-refractivity contribution is 0.0526. The molecule has 0 unspecified atom stereocenters. The molecule has 0 aliphatic carbocycles. The van der Waals surface area contributed by atoms with E-state index < -0.39 is 0 Å². The molecule has 0 aliphatic heterocycles. The molecule has 2 heterocycles. The van der Waals surface area contributed by atoms with Crippen LogP contribution in [0.25, 0.3) is 5.65 Å². The third-order valence-electron chi connectivity index (χ3n) is 2.21. The van der Waals surface area contributed by atoms with Crippen LogP contribution in [-0.2, 0) is 4.74 Å². The van der Waals surface area contributed by atoms with Gasteiger partial charge >= 0.3 is 5.97 Å². The Bertz CT molecular complexity index is 502. The van der Waals surface area contributed by atoms with Gasteiger partial charge in [-0.2, -0.15) is 0 Å². The van der Waals surface area contributed by atoms with Crippen LogP contribution >= 0.6 is 0 Å². The first kappa shape index (κ1) is 9.71. The maximum absolute atomic E-state index is 11.4. The summed E-state index contributed by atoms with van der Waals surface area (Å²) < 4.78 is 6.83. The maximum Gasteiger partial charge on any atom is 0.338 e. The Labute approximate surface area is 87.5 Å².